The fraction of sp³-hybridized carbons (Fsp3) is 0.435. The summed E-state index contributed by atoms with van der Waals surface area (Å²) in [5.74, 6) is 1.05. The zero-order chi connectivity index (χ0) is 21.3. The first-order chi connectivity index (χ1) is 13.8. The molecule has 0 unspecified atom stereocenters. The molecule has 29 heavy (non-hydrogen) atoms. The summed E-state index contributed by atoms with van der Waals surface area (Å²) in [4.78, 5) is 12.3. The number of aryl methyl sites for hydroxylation is 1. The number of hydrogen-bond acceptors (Lipinski definition) is 5. The van der Waals surface area contributed by atoms with Crippen LogP contribution in [0.5, 0.6) is 11.5 Å². The number of ether oxygens (including phenoxy) is 4. The predicted molar refractivity (Wildman–Crippen MR) is 114 cm³/mol. The molecule has 0 aliphatic carbocycles. The second-order valence-electron chi connectivity index (χ2n) is 7.68. The SMILES string of the molecule is COCCCOc1c(OCc2ccccc2)ccc(C)c1NC(=O)OC(C)(C)C. The molecule has 0 saturated carbocycles. The van der Waals surface area contributed by atoms with E-state index in [0.29, 0.717) is 43.4 Å². The van der Waals surface area contributed by atoms with Gasteiger partial charge in [-0.3, -0.25) is 5.32 Å². The highest BCUT2D eigenvalue weighted by molar-refractivity contribution is 5.89. The summed E-state index contributed by atoms with van der Waals surface area (Å²) in [6.45, 7) is 8.77. The summed E-state index contributed by atoms with van der Waals surface area (Å²) in [5, 5.41) is 2.82. The topological polar surface area (TPSA) is 66.0 Å². The van der Waals surface area contributed by atoms with E-state index in [4.69, 9.17) is 18.9 Å². The molecule has 2 aromatic rings. The minimum Gasteiger partial charge on any atom is -0.488 e. The fourth-order valence-electron chi connectivity index (χ4n) is 2.59. The average molecular weight is 402 g/mol. The van der Waals surface area contributed by atoms with Crippen LogP contribution in [-0.2, 0) is 16.1 Å². The molecule has 0 aliphatic rings. The first-order valence-electron chi connectivity index (χ1n) is 9.72. The van der Waals surface area contributed by atoms with E-state index in [1.165, 1.54) is 0 Å². The normalized spacial score (nSPS) is 11.1. The van der Waals surface area contributed by atoms with Gasteiger partial charge in [0.1, 0.15) is 12.2 Å². The van der Waals surface area contributed by atoms with Crippen molar-refractivity contribution in [1.82, 2.24) is 0 Å². The minimum atomic E-state index is -0.598. The van der Waals surface area contributed by atoms with Crippen LogP contribution < -0.4 is 14.8 Å². The largest absolute Gasteiger partial charge is 0.488 e. The van der Waals surface area contributed by atoms with Gasteiger partial charge in [-0.05, 0) is 44.9 Å². The standard InChI is InChI=1S/C23H31NO5/c1-17-12-13-19(28-16-18-10-7-6-8-11-18)21(27-15-9-14-26-5)20(17)24-22(25)29-23(2,3)4/h6-8,10-13H,9,14-16H2,1-5H3,(H,24,25). The van der Waals surface area contributed by atoms with E-state index in [2.05, 4.69) is 5.32 Å². The van der Waals surface area contributed by atoms with Gasteiger partial charge in [-0.15, -0.1) is 0 Å². The molecule has 1 N–H and O–H groups in total. The summed E-state index contributed by atoms with van der Waals surface area (Å²) in [5.41, 5.74) is 1.84. The molecule has 0 fully saturated rings. The molecule has 0 heterocycles. The number of benzene rings is 2. The fourth-order valence-corrected chi connectivity index (χ4v) is 2.59. The predicted octanol–water partition coefficient (Wildman–Crippen LogP) is 5.34. The van der Waals surface area contributed by atoms with Crippen LogP contribution in [0.4, 0.5) is 10.5 Å². The van der Waals surface area contributed by atoms with Gasteiger partial charge in [0, 0.05) is 20.1 Å². The molecule has 0 bridgehead atoms. The zero-order valence-electron chi connectivity index (χ0n) is 17.9. The van der Waals surface area contributed by atoms with E-state index in [1.807, 2.05) is 70.2 Å². The Kier molecular flexibility index (Phi) is 8.34. The van der Waals surface area contributed by atoms with E-state index in [9.17, 15) is 4.79 Å². The molecule has 0 saturated heterocycles. The van der Waals surface area contributed by atoms with Gasteiger partial charge in [-0.25, -0.2) is 4.79 Å². The molecule has 6 heteroatoms. The van der Waals surface area contributed by atoms with Crippen molar-refractivity contribution in [2.24, 2.45) is 0 Å². The van der Waals surface area contributed by atoms with Crippen molar-refractivity contribution in [1.29, 1.82) is 0 Å². The lowest BCUT2D eigenvalue weighted by atomic mass is 10.1. The lowest BCUT2D eigenvalue weighted by Gasteiger charge is -2.22. The summed E-state index contributed by atoms with van der Waals surface area (Å²) in [6, 6.07) is 13.6. The maximum Gasteiger partial charge on any atom is 0.412 e. The van der Waals surface area contributed by atoms with Gasteiger partial charge >= 0.3 is 6.09 Å². The number of hydrogen-bond donors (Lipinski definition) is 1. The van der Waals surface area contributed by atoms with Gasteiger partial charge in [0.2, 0.25) is 0 Å². The highest BCUT2D eigenvalue weighted by atomic mass is 16.6. The van der Waals surface area contributed by atoms with Crippen LogP contribution >= 0.6 is 0 Å². The van der Waals surface area contributed by atoms with E-state index in [0.717, 1.165) is 11.1 Å². The Hall–Kier alpha value is -2.73. The summed E-state index contributed by atoms with van der Waals surface area (Å²) < 4.78 is 22.5. The van der Waals surface area contributed by atoms with Crippen molar-refractivity contribution in [3.05, 3.63) is 53.6 Å². The molecular formula is C23H31NO5. The van der Waals surface area contributed by atoms with Gasteiger partial charge in [0.15, 0.2) is 11.5 Å². The van der Waals surface area contributed by atoms with Crippen LogP contribution in [-0.4, -0.2) is 32.0 Å². The molecule has 0 aromatic heterocycles. The number of anilines is 1. The van der Waals surface area contributed by atoms with Crippen molar-refractivity contribution in [3.63, 3.8) is 0 Å². The van der Waals surface area contributed by atoms with Gasteiger partial charge in [-0.1, -0.05) is 36.4 Å². The van der Waals surface area contributed by atoms with Crippen LogP contribution in [0.1, 0.15) is 38.3 Å². The molecule has 2 aromatic carbocycles. The number of amides is 1. The Labute approximate surface area is 173 Å². The molecule has 0 radical (unpaired) electrons. The van der Waals surface area contributed by atoms with Crippen molar-refractivity contribution in [3.8, 4) is 11.5 Å². The Morgan fingerprint density at radius 1 is 1.00 bits per heavy atom. The molecule has 2 rings (SSSR count). The van der Waals surface area contributed by atoms with Crippen molar-refractivity contribution in [2.75, 3.05) is 25.6 Å². The van der Waals surface area contributed by atoms with E-state index in [-0.39, 0.29) is 0 Å². The summed E-state index contributed by atoms with van der Waals surface area (Å²) in [6.07, 6.45) is 0.177. The average Bonchev–Trinajstić information content (AvgIpc) is 2.66. The third kappa shape index (κ3) is 7.66. The lowest BCUT2D eigenvalue weighted by molar-refractivity contribution is 0.0635. The first kappa shape index (κ1) is 22.6. The Morgan fingerprint density at radius 2 is 1.72 bits per heavy atom. The molecule has 0 atom stereocenters. The van der Waals surface area contributed by atoms with E-state index in [1.54, 1.807) is 7.11 Å². The highest BCUT2D eigenvalue weighted by Crippen LogP contribution is 2.39. The quantitative estimate of drug-likeness (QED) is 0.575. The molecule has 0 aliphatic heterocycles. The van der Waals surface area contributed by atoms with Crippen LogP contribution in [0.25, 0.3) is 0 Å². The van der Waals surface area contributed by atoms with Crippen molar-refractivity contribution < 1.29 is 23.7 Å². The van der Waals surface area contributed by atoms with Gasteiger partial charge in [0.05, 0.1) is 12.3 Å². The second-order valence-corrected chi connectivity index (χ2v) is 7.68. The highest BCUT2D eigenvalue weighted by Gasteiger charge is 2.21. The second kappa shape index (κ2) is 10.7. The zero-order valence-corrected chi connectivity index (χ0v) is 17.9. The maximum atomic E-state index is 12.3. The third-order valence-corrected chi connectivity index (χ3v) is 3.93. The maximum absolute atomic E-state index is 12.3. The van der Waals surface area contributed by atoms with Crippen molar-refractivity contribution >= 4 is 11.8 Å². The number of methoxy groups -OCH3 is 1. The van der Waals surface area contributed by atoms with Crippen LogP contribution in [0.15, 0.2) is 42.5 Å². The van der Waals surface area contributed by atoms with Gasteiger partial charge in [-0.2, -0.15) is 0 Å². The van der Waals surface area contributed by atoms with Crippen LogP contribution in [0.2, 0.25) is 0 Å². The first-order valence-corrected chi connectivity index (χ1v) is 9.72. The monoisotopic (exact) mass is 401 g/mol. The van der Waals surface area contributed by atoms with Crippen LogP contribution in [0, 0.1) is 6.92 Å². The molecule has 1 amide bonds. The number of carbonyl (C=O) groups is 1. The molecule has 158 valence electrons. The summed E-state index contributed by atoms with van der Waals surface area (Å²) >= 11 is 0. The Bertz CT molecular complexity index is 784. The Morgan fingerprint density at radius 3 is 2.38 bits per heavy atom. The third-order valence-electron chi connectivity index (χ3n) is 3.93. The minimum absolute atomic E-state index is 0.393. The van der Waals surface area contributed by atoms with Gasteiger partial charge < -0.3 is 18.9 Å². The summed E-state index contributed by atoms with van der Waals surface area (Å²) in [7, 11) is 1.65. The Balaban J connectivity index is 2.24. The number of nitrogens with one attached hydrogen (secondary N) is 1. The number of rotatable bonds is 9. The van der Waals surface area contributed by atoms with Crippen molar-refractivity contribution in [2.45, 2.75) is 46.3 Å². The lowest BCUT2D eigenvalue weighted by Crippen LogP contribution is -2.27. The molecular weight excluding hydrogens is 370 g/mol. The van der Waals surface area contributed by atoms with E-state index < -0.39 is 11.7 Å². The molecule has 6 nitrogen and oxygen atoms in total. The van der Waals surface area contributed by atoms with Gasteiger partial charge in [0.25, 0.3) is 0 Å². The van der Waals surface area contributed by atoms with Crippen LogP contribution in [0.3, 0.4) is 0 Å². The molecule has 0 spiro atoms. The smallest absolute Gasteiger partial charge is 0.412 e. The van der Waals surface area contributed by atoms with E-state index >= 15 is 0 Å². The number of carbonyl (C=O) groups excluding carboxylic acids is 1.